The van der Waals surface area contributed by atoms with Crippen molar-refractivity contribution in [1.29, 1.82) is 0 Å². The van der Waals surface area contributed by atoms with E-state index >= 15 is 0 Å². The van der Waals surface area contributed by atoms with Gasteiger partial charge in [0, 0.05) is 10.8 Å². The second-order valence-corrected chi connectivity index (χ2v) is 6.64. The number of furan rings is 1. The van der Waals surface area contributed by atoms with E-state index in [0.717, 1.165) is 11.2 Å². The maximum absolute atomic E-state index is 6.32. The van der Waals surface area contributed by atoms with Gasteiger partial charge in [0.05, 0.1) is 0 Å². The van der Waals surface area contributed by atoms with Crippen molar-refractivity contribution >= 4 is 21.9 Å². The molecule has 3 rings (SSSR count). The average Bonchev–Trinajstić information content (AvgIpc) is 2.84. The predicted octanol–water partition coefficient (Wildman–Crippen LogP) is 6.25. The highest BCUT2D eigenvalue weighted by Gasteiger charge is 2.20. The molecule has 0 N–H and O–H groups in total. The largest absolute Gasteiger partial charge is 0.455 e. The summed E-state index contributed by atoms with van der Waals surface area (Å²) in [6, 6.07) is 4.45. The van der Waals surface area contributed by atoms with Gasteiger partial charge in [0.2, 0.25) is 0 Å². The van der Waals surface area contributed by atoms with Crippen LogP contribution in [0.3, 0.4) is 0 Å². The maximum Gasteiger partial charge on any atom is 0.138 e. The zero-order valence-corrected chi connectivity index (χ0v) is 14.1. The summed E-state index contributed by atoms with van der Waals surface area (Å²) in [7, 11) is 0. The van der Waals surface area contributed by atoms with E-state index in [2.05, 4.69) is 60.6 Å². The summed E-state index contributed by atoms with van der Waals surface area (Å²) in [4.78, 5) is 0. The molecule has 0 radical (unpaired) electrons. The normalized spacial score (nSPS) is 12.0. The van der Waals surface area contributed by atoms with E-state index in [1.807, 2.05) is 0 Å². The molecule has 0 saturated heterocycles. The fraction of sp³-hybridized carbons (Fsp3) is 0.400. The van der Waals surface area contributed by atoms with Crippen molar-refractivity contribution in [2.24, 2.45) is 0 Å². The van der Waals surface area contributed by atoms with Crippen LogP contribution in [0.5, 0.6) is 0 Å². The van der Waals surface area contributed by atoms with Crippen LogP contribution in [0.2, 0.25) is 0 Å². The van der Waals surface area contributed by atoms with Gasteiger partial charge in [-0.1, -0.05) is 26.0 Å². The zero-order chi connectivity index (χ0) is 15.5. The van der Waals surface area contributed by atoms with Crippen LogP contribution >= 0.6 is 0 Å². The van der Waals surface area contributed by atoms with E-state index < -0.39 is 0 Å². The smallest absolute Gasteiger partial charge is 0.138 e. The van der Waals surface area contributed by atoms with E-state index in [1.54, 1.807) is 0 Å². The Morgan fingerprint density at radius 2 is 1.33 bits per heavy atom. The zero-order valence-electron chi connectivity index (χ0n) is 14.1. The van der Waals surface area contributed by atoms with Crippen molar-refractivity contribution in [3.05, 3.63) is 45.5 Å². The molecule has 110 valence electrons. The van der Waals surface area contributed by atoms with Crippen LogP contribution < -0.4 is 0 Å². The summed E-state index contributed by atoms with van der Waals surface area (Å²) < 4.78 is 6.32. The molecule has 1 nitrogen and oxygen atoms in total. The average molecular weight is 280 g/mol. The SMILES string of the molecule is Cc1c(C)c(C)c2c(oc3c(C)ccc(C(C)C)c32)c1C. The molecule has 0 unspecified atom stereocenters. The molecule has 0 atom stereocenters. The summed E-state index contributed by atoms with van der Waals surface area (Å²) in [5, 5.41) is 2.64. The molecule has 1 heteroatoms. The van der Waals surface area contributed by atoms with Crippen LogP contribution in [0.25, 0.3) is 21.9 Å². The number of aryl methyl sites for hydroxylation is 3. The Kier molecular flexibility index (Phi) is 3.12. The van der Waals surface area contributed by atoms with Crippen LogP contribution in [0.1, 0.15) is 53.1 Å². The Morgan fingerprint density at radius 3 is 1.95 bits per heavy atom. The third kappa shape index (κ3) is 1.83. The van der Waals surface area contributed by atoms with Crippen molar-refractivity contribution in [2.75, 3.05) is 0 Å². The second kappa shape index (κ2) is 4.62. The van der Waals surface area contributed by atoms with Gasteiger partial charge in [-0.3, -0.25) is 0 Å². The van der Waals surface area contributed by atoms with Gasteiger partial charge < -0.3 is 4.42 Å². The molecule has 0 aliphatic heterocycles. The van der Waals surface area contributed by atoms with E-state index in [4.69, 9.17) is 4.42 Å². The lowest BCUT2D eigenvalue weighted by Gasteiger charge is -2.12. The molecule has 0 amide bonds. The Morgan fingerprint density at radius 1 is 0.714 bits per heavy atom. The summed E-state index contributed by atoms with van der Waals surface area (Å²) in [5.41, 5.74) is 10.1. The summed E-state index contributed by atoms with van der Waals surface area (Å²) in [5.74, 6) is 0.496. The molecule has 0 aliphatic carbocycles. The molecule has 1 heterocycles. The minimum absolute atomic E-state index is 0.496. The third-order valence-corrected chi connectivity index (χ3v) is 5.09. The molecule has 0 fully saturated rings. The number of benzene rings is 2. The van der Waals surface area contributed by atoms with E-state index in [1.165, 1.54) is 44.2 Å². The number of hydrogen-bond donors (Lipinski definition) is 0. The lowest BCUT2D eigenvalue weighted by molar-refractivity contribution is 0.661. The van der Waals surface area contributed by atoms with Crippen LogP contribution in [0.15, 0.2) is 16.5 Å². The first-order valence-electron chi connectivity index (χ1n) is 7.76. The Hall–Kier alpha value is -1.76. The van der Waals surface area contributed by atoms with Gasteiger partial charge in [0.25, 0.3) is 0 Å². The van der Waals surface area contributed by atoms with Crippen LogP contribution in [0.4, 0.5) is 0 Å². The number of rotatable bonds is 1. The highest BCUT2D eigenvalue weighted by atomic mass is 16.3. The van der Waals surface area contributed by atoms with Crippen molar-refractivity contribution in [2.45, 2.75) is 54.4 Å². The number of hydrogen-bond acceptors (Lipinski definition) is 1. The fourth-order valence-electron chi connectivity index (χ4n) is 3.38. The molecule has 0 saturated carbocycles. The van der Waals surface area contributed by atoms with Gasteiger partial charge in [0.1, 0.15) is 11.2 Å². The van der Waals surface area contributed by atoms with Gasteiger partial charge in [-0.2, -0.15) is 0 Å². The lowest BCUT2D eigenvalue weighted by Crippen LogP contribution is -1.94. The second-order valence-electron chi connectivity index (χ2n) is 6.64. The molecular formula is C20H24O. The van der Waals surface area contributed by atoms with Gasteiger partial charge in [-0.05, 0) is 73.9 Å². The van der Waals surface area contributed by atoms with E-state index in [9.17, 15) is 0 Å². The van der Waals surface area contributed by atoms with Crippen LogP contribution in [-0.4, -0.2) is 0 Å². The molecular weight excluding hydrogens is 256 g/mol. The number of fused-ring (bicyclic) bond motifs is 3. The minimum Gasteiger partial charge on any atom is -0.455 e. The maximum atomic E-state index is 6.32. The van der Waals surface area contributed by atoms with Crippen molar-refractivity contribution in [3.63, 3.8) is 0 Å². The first kappa shape index (κ1) is 14.2. The van der Waals surface area contributed by atoms with Crippen LogP contribution in [-0.2, 0) is 0 Å². The Balaban J connectivity index is 2.67. The molecule has 0 aliphatic rings. The molecule has 0 spiro atoms. The highest BCUT2D eigenvalue weighted by molar-refractivity contribution is 6.11. The van der Waals surface area contributed by atoms with Gasteiger partial charge in [-0.15, -0.1) is 0 Å². The fourth-order valence-corrected chi connectivity index (χ4v) is 3.38. The summed E-state index contributed by atoms with van der Waals surface area (Å²) >= 11 is 0. The first-order chi connectivity index (χ1) is 9.84. The monoisotopic (exact) mass is 280 g/mol. The van der Waals surface area contributed by atoms with Gasteiger partial charge >= 0.3 is 0 Å². The summed E-state index contributed by atoms with van der Waals surface area (Å²) in [6.45, 7) is 15.5. The van der Waals surface area contributed by atoms with E-state index in [0.29, 0.717) is 5.92 Å². The van der Waals surface area contributed by atoms with Crippen molar-refractivity contribution < 1.29 is 4.42 Å². The Bertz CT molecular complexity index is 863. The molecule has 1 aromatic heterocycles. The van der Waals surface area contributed by atoms with Crippen LogP contribution in [0, 0.1) is 34.6 Å². The molecule has 21 heavy (non-hydrogen) atoms. The molecule has 0 bridgehead atoms. The van der Waals surface area contributed by atoms with Crippen molar-refractivity contribution in [1.82, 2.24) is 0 Å². The minimum atomic E-state index is 0.496. The lowest BCUT2D eigenvalue weighted by atomic mass is 9.90. The topological polar surface area (TPSA) is 13.1 Å². The highest BCUT2D eigenvalue weighted by Crippen LogP contribution is 2.41. The molecule has 2 aromatic carbocycles. The van der Waals surface area contributed by atoms with Gasteiger partial charge in [-0.25, -0.2) is 0 Å². The molecule has 3 aromatic rings. The first-order valence-corrected chi connectivity index (χ1v) is 7.76. The standard InChI is InChI=1S/C20H24O/c1-10(2)16-9-8-11(3)19-18(16)17-14(6)12(4)13(5)15(7)20(17)21-19/h8-10H,1-7H3. The Labute approximate surface area is 127 Å². The quantitative estimate of drug-likeness (QED) is 0.513. The third-order valence-electron chi connectivity index (χ3n) is 5.09. The van der Waals surface area contributed by atoms with Crippen molar-refractivity contribution in [3.8, 4) is 0 Å². The summed E-state index contributed by atoms with van der Waals surface area (Å²) in [6.07, 6.45) is 0. The van der Waals surface area contributed by atoms with E-state index in [-0.39, 0.29) is 0 Å². The van der Waals surface area contributed by atoms with Gasteiger partial charge in [0.15, 0.2) is 0 Å². The predicted molar refractivity (Wildman–Crippen MR) is 91.5 cm³/mol.